The lowest BCUT2D eigenvalue weighted by Gasteiger charge is -2.19. The van der Waals surface area contributed by atoms with Crippen LogP contribution in [0.2, 0.25) is 5.02 Å². The van der Waals surface area contributed by atoms with Crippen LogP contribution in [0.1, 0.15) is 34.3 Å². The minimum atomic E-state index is -4.66. The molecule has 52 heavy (non-hydrogen) atoms. The quantitative estimate of drug-likeness (QED) is 0.0805. The van der Waals surface area contributed by atoms with Crippen LogP contribution >= 0.6 is 11.6 Å². The summed E-state index contributed by atoms with van der Waals surface area (Å²) in [7, 11) is 0. The van der Waals surface area contributed by atoms with Crippen molar-refractivity contribution in [3.8, 4) is 6.01 Å². The molecule has 1 aliphatic rings. The van der Waals surface area contributed by atoms with Crippen LogP contribution in [0, 0.1) is 5.82 Å². The van der Waals surface area contributed by atoms with Gasteiger partial charge in [-0.3, -0.25) is 14.4 Å². The molecule has 0 spiro atoms. The minimum Gasteiger partial charge on any atom is -0.480 e. The fourth-order valence-electron chi connectivity index (χ4n) is 4.69. The molecule has 0 unspecified atom stereocenters. The number of aliphatic carboxylic acids is 1. The van der Waals surface area contributed by atoms with E-state index in [1.807, 2.05) is 12.1 Å². The highest BCUT2D eigenvalue weighted by Gasteiger charge is 2.45. The summed E-state index contributed by atoms with van der Waals surface area (Å²) in [6.45, 7) is -2.36. The third kappa shape index (κ3) is 10.5. The van der Waals surface area contributed by atoms with E-state index in [4.69, 9.17) is 16.3 Å². The number of benzene rings is 3. The molecule has 1 aliphatic carbocycles. The third-order valence-corrected chi connectivity index (χ3v) is 7.78. The Morgan fingerprint density at radius 2 is 1.50 bits per heavy atom. The molecule has 14 nitrogen and oxygen atoms in total. The Kier molecular flexibility index (Phi) is 11.4. The van der Waals surface area contributed by atoms with Crippen molar-refractivity contribution in [1.29, 1.82) is 0 Å². The van der Waals surface area contributed by atoms with Gasteiger partial charge in [0, 0.05) is 29.4 Å². The van der Waals surface area contributed by atoms with E-state index in [0.29, 0.717) is 29.1 Å². The monoisotopic (exact) mass is 744 g/mol. The average molecular weight is 745 g/mol. The lowest BCUT2D eigenvalue weighted by Crippen LogP contribution is -2.50. The maximum Gasteiger partial charge on any atom is 0.422 e. The smallest absolute Gasteiger partial charge is 0.422 e. The Hall–Kier alpha value is -6.04. The van der Waals surface area contributed by atoms with Gasteiger partial charge < -0.3 is 36.4 Å². The fourth-order valence-corrected chi connectivity index (χ4v) is 4.81. The molecule has 3 amide bonds. The number of anilines is 3. The second-order valence-electron chi connectivity index (χ2n) is 11.5. The number of carboxylic acids is 1. The molecule has 1 fully saturated rings. The number of halogens is 5. The topological polar surface area (TPSA) is 197 Å². The molecule has 3 aromatic carbocycles. The summed E-state index contributed by atoms with van der Waals surface area (Å²) in [6.07, 6.45) is -3.28. The molecule has 1 heterocycles. The largest absolute Gasteiger partial charge is 0.480 e. The van der Waals surface area contributed by atoms with Crippen molar-refractivity contribution in [3.63, 3.8) is 0 Å². The molecule has 272 valence electrons. The fraction of sp³-hybridized carbons (Fsp3) is 0.242. The van der Waals surface area contributed by atoms with Crippen molar-refractivity contribution in [2.24, 2.45) is 0 Å². The number of alkyl halides is 3. The van der Waals surface area contributed by atoms with E-state index in [9.17, 15) is 41.8 Å². The van der Waals surface area contributed by atoms with Crippen molar-refractivity contribution >= 4 is 52.9 Å². The Morgan fingerprint density at radius 3 is 2.12 bits per heavy atom. The standard InChI is InChI=1S/C33H29ClF4N8O6/c34-21-7-5-20(6-8-21)32(13-14-32)46-30-43-29(44-31(45-30)52-17-33(36,37)38)41-23-11-3-19(4-12-23)25(47)42-24(28(50)51)16-40-27(49)26(48)39-15-18-1-9-22(35)10-2-18/h1-12,24H,13-17H2,(H,39,48)(H,40,49)(H,42,47)(H,50,51)(H2,41,43,44,45,46)/t24-/m0/s1. The summed E-state index contributed by atoms with van der Waals surface area (Å²) in [5.41, 5.74) is 1.11. The number of rotatable bonds is 14. The van der Waals surface area contributed by atoms with E-state index >= 15 is 0 Å². The normalized spacial score (nSPS) is 13.6. The summed E-state index contributed by atoms with van der Waals surface area (Å²) in [6, 6.07) is 15.5. The molecule has 4 aromatic rings. The molecule has 1 saturated carbocycles. The van der Waals surface area contributed by atoms with Gasteiger partial charge in [0.05, 0.1) is 5.54 Å². The summed E-state index contributed by atoms with van der Waals surface area (Å²) in [5, 5.41) is 22.8. The van der Waals surface area contributed by atoms with Gasteiger partial charge in [0.25, 0.3) is 5.91 Å². The van der Waals surface area contributed by atoms with Crippen LogP contribution in [-0.2, 0) is 26.5 Å². The van der Waals surface area contributed by atoms with Crippen molar-refractivity contribution < 1.29 is 46.6 Å². The van der Waals surface area contributed by atoms with Crippen molar-refractivity contribution in [2.75, 3.05) is 23.8 Å². The summed E-state index contributed by atoms with van der Waals surface area (Å²) >= 11 is 6.00. The van der Waals surface area contributed by atoms with Gasteiger partial charge >= 0.3 is 30.0 Å². The van der Waals surface area contributed by atoms with Crippen LogP contribution in [-0.4, -0.2) is 69.1 Å². The van der Waals surface area contributed by atoms with E-state index in [1.165, 1.54) is 48.5 Å². The van der Waals surface area contributed by atoms with Gasteiger partial charge in [-0.05, 0) is 72.5 Å². The highest BCUT2D eigenvalue weighted by Crippen LogP contribution is 2.48. The predicted molar refractivity (Wildman–Crippen MR) is 177 cm³/mol. The van der Waals surface area contributed by atoms with Gasteiger partial charge in [-0.2, -0.15) is 28.1 Å². The second-order valence-corrected chi connectivity index (χ2v) is 11.9. The molecule has 0 saturated heterocycles. The molecule has 0 aliphatic heterocycles. The SMILES string of the molecule is O=C(NCc1ccc(F)cc1)C(=O)NC[C@H](NC(=O)c1ccc(Nc2nc(NC3(c4ccc(Cl)cc4)CC3)nc(OCC(F)(F)F)n2)cc1)C(=O)O. The second kappa shape index (κ2) is 15.9. The van der Waals surface area contributed by atoms with Crippen LogP contribution < -0.4 is 31.3 Å². The number of ether oxygens (including phenoxy) is 1. The van der Waals surface area contributed by atoms with Gasteiger partial charge in [0.1, 0.15) is 11.9 Å². The molecule has 1 aromatic heterocycles. The summed E-state index contributed by atoms with van der Waals surface area (Å²) in [5.74, 6) is -5.27. The zero-order valence-electron chi connectivity index (χ0n) is 26.8. The van der Waals surface area contributed by atoms with Crippen LogP contribution in [0.15, 0.2) is 72.8 Å². The Bertz CT molecular complexity index is 1930. The number of hydrogen-bond donors (Lipinski definition) is 6. The summed E-state index contributed by atoms with van der Waals surface area (Å²) in [4.78, 5) is 61.1. The number of carbonyl (C=O) groups is 4. The molecule has 19 heteroatoms. The maximum absolute atomic E-state index is 13.0. The zero-order valence-corrected chi connectivity index (χ0v) is 27.5. The molecular formula is C33H29ClF4N8O6. The number of amides is 3. The number of carbonyl (C=O) groups excluding carboxylic acids is 3. The molecule has 6 N–H and O–H groups in total. The van der Waals surface area contributed by atoms with Gasteiger partial charge in [0.2, 0.25) is 11.9 Å². The lowest BCUT2D eigenvalue weighted by molar-refractivity contribution is -0.154. The van der Waals surface area contributed by atoms with Crippen LogP contribution in [0.4, 0.5) is 35.1 Å². The van der Waals surface area contributed by atoms with E-state index in [0.717, 1.165) is 5.56 Å². The van der Waals surface area contributed by atoms with Crippen molar-refractivity contribution in [3.05, 3.63) is 100 Å². The lowest BCUT2D eigenvalue weighted by atomic mass is 10.1. The molecule has 0 radical (unpaired) electrons. The van der Waals surface area contributed by atoms with E-state index < -0.39 is 66.4 Å². The van der Waals surface area contributed by atoms with Crippen LogP contribution in [0.3, 0.4) is 0 Å². The number of hydrogen-bond acceptors (Lipinski definition) is 10. The Morgan fingerprint density at radius 1 is 0.865 bits per heavy atom. The number of carboxylic acid groups (broad SMARTS) is 1. The van der Waals surface area contributed by atoms with E-state index in [-0.39, 0.29) is 24.0 Å². The number of aromatic nitrogens is 3. The number of nitrogens with one attached hydrogen (secondary N) is 5. The van der Waals surface area contributed by atoms with Gasteiger partial charge in [-0.25, -0.2) is 9.18 Å². The highest BCUT2D eigenvalue weighted by molar-refractivity contribution is 6.35. The molecule has 5 rings (SSSR count). The van der Waals surface area contributed by atoms with Gasteiger partial charge in [0.15, 0.2) is 6.61 Å². The minimum absolute atomic E-state index is 0.00556. The first-order valence-electron chi connectivity index (χ1n) is 15.4. The zero-order chi connectivity index (χ0) is 37.5. The first-order chi connectivity index (χ1) is 24.7. The van der Waals surface area contributed by atoms with Crippen molar-refractivity contribution in [2.45, 2.75) is 37.1 Å². The first-order valence-corrected chi connectivity index (χ1v) is 15.8. The molecule has 0 bridgehead atoms. The summed E-state index contributed by atoms with van der Waals surface area (Å²) < 4.78 is 56.6. The van der Waals surface area contributed by atoms with E-state index in [1.54, 1.807) is 12.1 Å². The first kappa shape index (κ1) is 37.2. The molecule has 1 atom stereocenters. The average Bonchev–Trinajstić information content (AvgIpc) is 3.88. The van der Waals surface area contributed by atoms with Gasteiger partial charge in [-0.15, -0.1) is 0 Å². The maximum atomic E-state index is 13.0. The predicted octanol–water partition coefficient (Wildman–Crippen LogP) is 4.07. The van der Waals surface area contributed by atoms with E-state index in [2.05, 4.69) is 41.5 Å². The van der Waals surface area contributed by atoms with Gasteiger partial charge in [-0.1, -0.05) is 35.9 Å². The number of nitrogens with zero attached hydrogens (tertiary/aromatic N) is 3. The van der Waals surface area contributed by atoms with Crippen LogP contribution in [0.25, 0.3) is 0 Å². The van der Waals surface area contributed by atoms with Crippen molar-refractivity contribution in [1.82, 2.24) is 30.9 Å². The third-order valence-electron chi connectivity index (χ3n) is 7.52. The Labute approximate surface area is 297 Å². The Balaban J connectivity index is 1.20. The molecular weight excluding hydrogens is 716 g/mol. The van der Waals surface area contributed by atoms with Crippen LogP contribution in [0.5, 0.6) is 6.01 Å². The highest BCUT2D eigenvalue weighted by atomic mass is 35.5.